The molecule has 24 heavy (non-hydrogen) atoms. The molecular weight excluding hydrogens is 298 g/mol. The summed E-state index contributed by atoms with van der Waals surface area (Å²) in [7, 11) is 2.18. The Bertz CT molecular complexity index is 528. The van der Waals surface area contributed by atoms with Crippen molar-refractivity contribution in [2.45, 2.75) is 64.5 Å². The van der Waals surface area contributed by atoms with E-state index in [1.165, 1.54) is 18.4 Å². The van der Waals surface area contributed by atoms with Gasteiger partial charge in [0.05, 0.1) is 0 Å². The van der Waals surface area contributed by atoms with E-state index in [-0.39, 0.29) is 17.9 Å². The molecule has 4 atom stereocenters. The third kappa shape index (κ3) is 4.73. The number of nitrogens with zero attached hydrogens (tertiary/aromatic N) is 1. The van der Waals surface area contributed by atoms with Gasteiger partial charge in [-0.05, 0) is 57.0 Å². The summed E-state index contributed by atoms with van der Waals surface area (Å²) in [6, 6.07) is 8.61. The van der Waals surface area contributed by atoms with Crippen molar-refractivity contribution in [2.75, 3.05) is 19.3 Å². The summed E-state index contributed by atoms with van der Waals surface area (Å²) >= 11 is 0. The lowest BCUT2D eigenvalue weighted by atomic mass is 9.90. The van der Waals surface area contributed by atoms with Gasteiger partial charge >= 0.3 is 0 Å². The zero-order chi connectivity index (χ0) is 17.7. The summed E-state index contributed by atoms with van der Waals surface area (Å²) in [5, 5.41) is 3.21. The van der Waals surface area contributed by atoms with Gasteiger partial charge in [0.15, 0.2) is 0 Å². The number of benzene rings is 1. The molecule has 0 saturated carbocycles. The van der Waals surface area contributed by atoms with Crippen LogP contribution in [0.1, 0.15) is 57.9 Å². The summed E-state index contributed by atoms with van der Waals surface area (Å²) in [6.45, 7) is 7.60. The maximum absolute atomic E-state index is 12.5. The number of likely N-dealkylation sites (tertiary alicyclic amines) is 1. The highest BCUT2D eigenvalue weighted by atomic mass is 16.1. The van der Waals surface area contributed by atoms with Crippen LogP contribution in [0, 0.1) is 5.92 Å². The van der Waals surface area contributed by atoms with E-state index in [0.717, 1.165) is 18.7 Å². The Labute approximate surface area is 146 Å². The quantitative estimate of drug-likeness (QED) is 0.753. The van der Waals surface area contributed by atoms with Gasteiger partial charge in [-0.15, -0.1) is 0 Å². The summed E-state index contributed by atoms with van der Waals surface area (Å²) in [5.41, 5.74) is 7.73. The van der Waals surface area contributed by atoms with Crippen LogP contribution in [-0.4, -0.2) is 36.5 Å². The Hall–Kier alpha value is -1.55. The number of amides is 1. The van der Waals surface area contributed by atoms with Crippen molar-refractivity contribution in [1.29, 1.82) is 0 Å². The standard InChI is InChI=1S/C20H33N3O/c1-5-16(19-7-6-12-23(19)4)13-20(24)22-15(3)14(2)17-8-10-18(21)11-9-17/h8-11,14-16,19H,5-7,12-13,21H2,1-4H3,(H,22,24)/t14?,15-,16?,19?/m1/s1. The van der Waals surface area contributed by atoms with E-state index in [9.17, 15) is 4.79 Å². The molecule has 2 rings (SSSR count). The number of anilines is 1. The first-order valence-corrected chi connectivity index (χ1v) is 9.27. The second-order valence-electron chi connectivity index (χ2n) is 7.37. The molecule has 1 saturated heterocycles. The summed E-state index contributed by atoms with van der Waals surface area (Å²) < 4.78 is 0. The SMILES string of the molecule is CCC(CC(=O)N[C@H](C)C(C)c1ccc(N)cc1)C1CCCN1C. The zero-order valence-corrected chi connectivity index (χ0v) is 15.6. The van der Waals surface area contributed by atoms with Crippen molar-refractivity contribution in [3.8, 4) is 0 Å². The number of carbonyl (C=O) groups excluding carboxylic acids is 1. The van der Waals surface area contributed by atoms with Crippen LogP contribution in [0.2, 0.25) is 0 Å². The summed E-state index contributed by atoms with van der Waals surface area (Å²) in [6.07, 6.45) is 4.16. The van der Waals surface area contributed by atoms with Crippen LogP contribution in [0.3, 0.4) is 0 Å². The van der Waals surface area contributed by atoms with Crippen molar-refractivity contribution in [2.24, 2.45) is 5.92 Å². The fourth-order valence-corrected chi connectivity index (χ4v) is 3.85. The fraction of sp³-hybridized carbons (Fsp3) is 0.650. The van der Waals surface area contributed by atoms with E-state index in [1.807, 2.05) is 24.3 Å². The highest BCUT2D eigenvalue weighted by Crippen LogP contribution is 2.27. The van der Waals surface area contributed by atoms with Gasteiger partial charge in [0.2, 0.25) is 5.91 Å². The number of nitrogens with two attached hydrogens (primary N) is 1. The molecule has 1 amide bonds. The van der Waals surface area contributed by atoms with Gasteiger partial charge in [0.1, 0.15) is 0 Å². The van der Waals surface area contributed by atoms with Crippen molar-refractivity contribution >= 4 is 11.6 Å². The van der Waals surface area contributed by atoms with Crippen LogP contribution in [0.4, 0.5) is 5.69 Å². The lowest BCUT2D eigenvalue weighted by molar-refractivity contribution is -0.123. The number of hydrogen-bond donors (Lipinski definition) is 2. The van der Waals surface area contributed by atoms with E-state index in [4.69, 9.17) is 5.73 Å². The normalized spacial score (nSPS) is 22.1. The number of nitrogen functional groups attached to an aromatic ring is 1. The van der Waals surface area contributed by atoms with Gasteiger partial charge < -0.3 is 16.0 Å². The smallest absolute Gasteiger partial charge is 0.220 e. The van der Waals surface area contributed by atoms with Crippen molar-refractivity contribution in [3.05, 3.63) is 29.8 Å². The highest BCUT2D eigenvalue weighted by molar-refractivity contribution is 5.76. The average molecular weight is 332 g/mol. The molecule has 0 bridgehead atoms. The molecule has 0 radical (unpaired) electrons. The Morgan fingerprint density at radius 3 is 2.54 bits per heavy atom. The molecule has 3 unspecified atom stereocenters. The first-order valence-electron chi connectivity index (χ1n) is 9.27. The van der Waals surface area contributed by atoms with Crippen LogP contribution in [-0.2, 0) is 4.79 Å². The molecule has 1 fully saturated rings. The van der Waals surface area contributed by atoms with E-state index in [0.29, 0.717) is 18.4 Å². The molecular formula is C20H33N3O. The first-order chi connectivity index (χ1) is 11.4. The lowest BCUT2D eigenvalue weighted by Crippen LogP contribution is -2.40. The molecule has 1 aromatic carbocycles. The third-order valence-corrected chi connectivity index (χ3v) is 5.69. The molecule has 1 aliphatic rings. The number of carbonyl (C=O) groups is 1. The Morgan fingerprint density at radius 1 is 1.33 bits per heavy atom. The van der Waals surface area contributed by atoms with Crippen LogP contribution in [0.5, 0.6) is 0 Å². The van der Waals surface area contributed by atoms with E-state index >= 15 is 0 Å². The molecule has 134 valence electrons. The molecule has 4 heteroatoms. The molecule has 1 aliphatic heterocycles. The minimum absolute atomic E-state index is 0.111. The highest BCUT2D eigenvalue weighted by Gasteiger charge is 2.30. The number of rotatable bonds is 7. The van der Waals surface area contributed by atoms with Gasteiger partial charge in [-0.25, -0.2) is 0 Å². The van der Waals surface area contributed by atoms with Gasteiger partial charge in [0, 0.05) is 30.1 Å². The lowest BCUT2D eigenvalue weighted by Gasteiger charge is -2.29. The fourth-order valence-electron chi connectivity index (χ4n) is 3.85. The monoisotopic (exact) mass is 331 g/mol. The Kier molecular flexibility index (Phi) is 6.67. The van der Waals surface area contributed by atoms with E-state index < -0.39 is 0 Å². The molecule has 3 N–H and O–H groups in total. The van der Waals surface area contributed by atoms with E-state index in [1.54, 1.807) is 0 Å². The second kappa shape index (κ2) is 8.52. The zero-order valence-electron chi connectivity index (χ0n) is 15.6. The third-order valence-electron chi connectivity index (χ3n) is 5.69. The summed E-state index contributed by atoms with van der Waals surface area (Å²) in [5.74, 6) is 0.900. The van der Waals surface area contributed by atoms with Crippen molar-refractivity contribution in [3.63, 3.8) is 0 Å². The number of nitrogens with one attached hydrogen (secondary N) is 1. The molecule has 0 spiro atoms. The van der Waals surface area contributed by atoms with Crippen molar-refractivity contribution in [1.82, 2.24) is 10.2 Å². The largest absolute Gasteiger partial charge is 0.399 e. The van der Waals surface area contributed by atoms with Crippen LogP contribution in [0.25, 0.3) is 0 Å². The second-order valence-corrected chi connectivity index (χ2v) is 7.37. The molecule has 0 aliphatic carbocycles. The Balaban J connectivity index is 1.89. The van der Waals surface area contributed by atoms with E-state index in [2.05, 4.69) is 38.0 Å². The first kappa shape index (κ1) is 18.8. The van der Waals surface area contributed by atoms with Crippen LogP contribution >= 0.6 is 0 Å². The average Bonchev–Trinajstić information content (AvgIpc) is 2.98. The molecule has 4 nitrogen and oxygen atoms in total. The topological polar surface area (TPSA) is 58.4 Å². The molecule has 1 heterocycles. The van der Waals surface area contributed by atoms with Crippen molar-refractivity contribution < 1.29 is 4.79 Å². The predicted molar refractivity (Wildman–Crippen MR) is 101 cm³/mol. The minimum atomic E-state index is 0.111. The van der Waals surface area contributed by atoms with Gasteiger partial charge in [0.25, 0.3) is 0 Å². The molecule has 1 aromatic rings. The molecule has 0 aromatic heterocycles. The van der Waals surface area contributed by atoms with Gasteiger partial charge in [-0.2, -0.15) is 0 Å². The van der Waals surface area contributed by atoms with Crippen LogP contribution < -0.4 is 11.1 Å². The number of hydrogen-bond acceptors (Lipinski definition) is 3. The maximum Gasteiger partial charge on any atom is 0.220 e. The maximum atomic E-state index is 12.5. The van der Waals surface area contributed by atoms with Gasteiger partial charge in [-0.3, -0.25) is 4.79 Å². The minimum Gasteiger partial charge on any atom is -0.399 e. The van der Waals surface area contributed by atoms with Gasteiger partial charge in [-0.1, -0.05) is 32.4 Å². The predicted octanol–water partition coefficient (Wildman–Crippen LogP) is 3.39. The summed E-state index contributed by atoms with van der Waals surface area (Å²) in [4.78, 5) is 14.9. The van der Waals surface area contributed by atoms with Crippen LogP contribution in [0.15, 0.2) is 24.3 Å². The Morgan fingerprint density at radius 2 is 2.00 bits per heavy atom.